The first-order valence-electron chi connectivity index (χ1n) is 21.2. The quantitative estimate of drug-likeness (QED) is 0.127. The van der Waals surface area contributed by atoms with Gasteiger partial charge in [-0.05, 0) is 80.2 Å². The predicted octanol–water partition coefficient (Wildman–Crippen LogP) is 14.6. The molecule has 0 amide bonds. The fourth-order valence-corrected chi connectivity index (χ4v) is 8.73. The van der Waals surface area contributed by atoms with E-state index < -0.39 is 0 Å². The minimum absolute atomic E-state index is 0.199. The molecule has 294 valence electrons. The van der Waals surface area contributed by atoms with Crippen molar-refractivity contribution in [2.45, 2.75) is 111 Å². The summed E-state index contributed by atoms with van der Waals surface area (Å²) in [7, 11) is 2.19. The molecular formula is C53H62N4. The van der Waals surface area contributed by atoms with Gasteiger partial charge in [-0.25, -0.2) is 4.98 Å². The van der Waals surface area contributed by atoms with Gasteiger partial charge in [-0.2, -0.15) is 0 Å². The van der Waals surface area contributed by atoms with Gasteiger partial charge in [0.25, 0.3) is 0 Å². The minimum Gasteiger partial charge on any atom is -0.371 e. The van der Waals surface area contributed by atoms with E-state index in [-0.39, 0.29) is 6.04 Å². The Bertz CT molecular complexity index is 2400. The van der Waals surface area contributed by atoms with Crippen LogP contribution in [-0.2, 0) is 13.6 Å². The Hall–Kier alpha value is -5.35. The average Bonchev–Trinajstić information content (AvgIpc) is 3.73. The molecule has 0 bridgehead atoms. The molecule has 0 aliphatic carbocycles. The number of benzene rings is 5. The number of fused-ring (bicyclic) bond motifs is 1. The molecule has 0 aliphatic rings. The fourth-order valence-electron chi connectivity index (χ4n) is 8.73. The van der Waals surface area contributed by atoms with E-state index in [4.69, 9.17) is 4.98 Å². The van der Waals surface area contributed by atoms with Gasteiger partial charge in [0.05, 0.1) is 11.4 Å². The van der Waals surface area contributed by atoms with Gasteiger partial charge < -0.3 is 14.5 Å². The van der Waals surface area contributed by atoms with E-state index in [2.05, 4.69) is 212 Å². The Balaban J connectivity index is 1.54. The molecule has 1 unspecified atom stereocenters. The maximum Gasteiger partial charge on any atom is 0.136 e. The van der Waals surface area contributed by atoms with Crippen LogP contribution < -0.4 is 5.32 Å². The van der Waals surface area contributed by atoms with Gasteiger partial charge in [0.1, 0.15) is 11.9 Å². The zero-order valence-electron chi connectivity index (χ0n) is 36.1. The first kappa shape index (κ1) is 39.9. The Morgan fingerprint density at radius 2 is 1.12 bits per heavy atom. The van der Waals surface area contributed by atoms with Crippen LogP contribution >= 0.6 is 0 Å². The number of nitrogens with one attached hydrogen (secondary N) is 1. The topological polar surface area (TPSA) is 34.8 Å². The van der Waals surface area contributed by atoms with Crippen LogP contribution in [0.5, 0.6) is 0 Å². The zero-order valence-corrected chi connectivity index (χ0v) is 36.1. The molecule has 57 heavy (non-hydrogen) atoms. The van der Waals surface area contributed by atoms with Gasteiger partial charge in [-0.15, -0.1) is 0 Å². The largest absolute Gasteiger partial charge is 0.371 e. The molecule has 1 atom stereocenters. The van der Waals surface area contributed by atoms with Crippen LogP contribution in [0.25, 0.3) is 33.4 Å². The molecule has 2 heterocycles. The van der Waals surface area contributed by atoms with Gasteiger partial charge >= 0.3 is 0 Å². The van der Waals surface area contributed by atoms with Crippen LogP contribution in [0.15, 0.2) is 121 Å². The standard InChI is InChI=1S/C53H62N4/c1-33(2)40-29-44(36(7)8)48(45(30-40)37(9)10)51(55-50-41(34(3)4)26-20-27-42(50)35(5)6)53-54-46(32-56(53)11)49-43-25-18-19-28-47(43)57(31-38-21-14-12-15-22-38)52(49)39-23-16-13-17-24-39/h12-30,32-37,51,55H,31H2,1-11H3. The highest BCUT2D eigenvalue weighted by molar-refractivity contribution is 6.04. The summed E-state index contributed by atoms with van der Waals surface area (Å²) in [6.07, 6.45) is 2.27. The number of nitrogens with zero attached hydrogens (tertiary/aromatic N) is 3. The smallest absolute Gasteiger partial charge is 0.136 e. The summed E-state index contributed by atoms with van der Waals surface area (Å²) >= 11 is 0. The van der Waals surface area contributed by atoms with Crippen molar-refractivity contribution in [3.63, 3.8) is 0 Å². The number of rotatable bonds is 13. The van der Waals surface area contributed by atoms with Crippen LogP contribution in [0.4, 0.5) is 5.69 Å². The molecule has 4 heteroatoms. The van der Waals surface area contributed by atoms with Crippen LogP contribution in [0, 0.1) is 0 Å². The summed E-state index contributed by atoms with van der Waals surface area (Å²) in [5.41, 5.74) is 16.5. The summed E-state index contributed by atoms with van der Waals surface area (Å²) in [5, 5.41) is 5.50. The molecule has 2 aromatic heterocycles. The third-order valence-corrected chi connectivity index (χ3v) is 11.8. The first-order valence-corrected chi connectivity index (χ1v) is 21.2. The van der Waals surface area contributed by atoms with Crippen molar-refractivity contribution in [2.24, 2.45) is 7.05 Å². The Kier molecular flexibility index (Phi) is 11.6. The summed E-state index contributed by atoms with van der Waals surface area (Å²) in [5.74, 6) is 2.80. The number of imidazole rings is 1. The minimum atomic E-state index is -0.199. The highest BCUT2D eigenvalue weighted by atomic mass is 15.1. The molecule has 0 radical (unpaired) electrons. The van der Waals surface area contributed by atoms with Gasteiger partial charge in [-0.3, -0.25) is 0 Å². The normalized spacial score (nSPS) is 12.6. The van der Waals surface area contributed by atoms with E-state index in [9.17, 15) is 0 Å². The lowest BCUT2D eigenvalue weighted by molar-refractivity contribution is 0.700. The predicted molar refractivity (Wildman–Crippen MR) is 244 cm³/mol. The Morgan fingerprint density at radius 1 is 0.579 bits per heavy atom. The number of aromatic nitrogens is 3. The lowest BCUT2D eigenvalue weighted by Gasteiger charge is -2.32. The average molecular weight is 755 g/mol. The molecule has 0 fully saturated rings. The van der Waals surface area contributed by atoms with Crippen molar-refractivity contribution < 1.29 is 0 Å². The molecule has 0 saturated heterocycles. The van der Waals surface area contributed by atoms with Gasteiger partial charge in [0.2, 0.25) is 0 Å². The second-order valence-corrected chi connectivity index (χ2v) is 17.5. The van der Waals surface area contributed by atoms with E-state index in [0.717, 1.165) is 18.1 Å². The maximum atomic E-state index is 5.80. The lowest BCUT2D eigenvalue weighted by atomic mass is 9.81. The number of anilines is 1. The van der Waals surface area contributed by atoms with Crippen molar-refractivity contribution in [1.82, 2.24) is 14.1 Å². The molecule has 7 rings (SSSR count). The molecular weight excluding hydrogens is 693 g/mol. The molecule has 0 saturated carbocycles. The zero-order chi connectivity index (χ0) is 40.5. The van der Waals surface area contributed by atoms with Crippen LogP contribution in [-0.4, -0.2) is 14.1 Å². The van der Waals surface area contributed by atoms with Gasteiger partial charge in [0, 0.05) is 41.9 Å². The van der Waals surface area contributed by atoms with E-state index in [1.165, 1.54) is 72.4 Å². The van der Waals surface area contributed by atoms with Gasteiger partial charge in [0.15, 0.2) is 0 Å². The third kappa shape index (κ3) is 7.84. The van der Waals surface area contributed by atoms with Crippen LogP contribution in [0.1, 0.15) is 150 Å². The van der Waals surface area contributed by atoms with E-state index in [1.807, 2.05) is 0 Å². The summed E-state index contributed by atoms with van der Waals surface area (Å²) in [6, 6.07) is 42.2. The Labute approximate surface area is 342 Å². The van der Waals surface area contributed by atoms with E-state index in [0.29, 0.717) is 29.6 Å². The van der Waals surface area contributed by atoms with Crippen molar-refractivity contribution in [3.05, 3.63) is 166 Å². The number of aryl methyl sites for hydroxylation is 1. The molecule has 0 spiro atoms. The van der Waals surface area contributed by atoms with E-state index >= 15 is 0 Å². The number of para-hydroxylation sites is 2. The fraction of sp³-hybridized carbons (Fsp3) is 0.340. The second kappa shape index (κ2) is 16.6. The first-order chi connectivity index (χ1) is 27.3. The second-order valence-electron chi connectivity index (χ2n) is 17.5. The summed E-state index contributed by atoms with van der Waals surface area (Å²) in [6.45, 7) is 24.0. The molecule has 7 aromatic rings. The monoisotopic (exact) mass is 754 g/mol. The third-order valence-electron chi connectivity index (χ3n) is 11.8. The molecule has 5 aromatic carbocycles. The Morgan fingerprint density at radius 3 is 1.68 bits per heavy atom. The van der Waals surface area contributed by atoms with Crippen molar-refractivity contribution in [2.75, 3.05) is 5.32 Å². The van der Waals surface area contributed by atoms with Crippen LogP contribution in [0.3, 0.4) is 0 Å². The lowest BCUT2D eigenvalue weighted by Crippen LogP contribution is -2.23. The van der Waals surface area contributed by atoms with Crippen molar-refractivity contribution in [3.8, 4) is 22.5 Å². The molecule has 4 nitrogen and oxygen atoms in total. The SMILES string of the molecule is CC(C)c1cc(C(C)C)c(C(Nc2c(C(C)C)cccc2C(C)C)c2nc(-c3c(-c4ccccc4)n(Cc4ccccc4)c4ccccc34)cn2C)c(C(C)C)c1. The number of hydrogen-bond acceptors (Lipinski definition) is 2. The number of hydrogen-bond donors (Lipinski definition) is 1. The maximum absolute atomic E-state index is 5.80. The van der Waals surface area contributed by atoms with E-state index in [1.54, 1.807) is 0 Å². The summed E-state index contributed by atoms with van der Waals surface area (Å²) in [4.78, 5) is 5.80. The van der Waals surface area contributed by atoms with Crippen LogP contribution in [0.2, 0.25) is 0 Å². The summed E-state index contributed by atoms with van der Waals surface area (Å²) < 4.78 is 4.79. The highest BCUT2D eigenvalue weighted by Gasteiger charge is 2.31. The van der Waals surface area contributed by atoms with Gasteiger partial charge in [-0.1, -0.05) is 178 Å². The van der Waals surface area contributed by atoms with Crippen molar-refractivity contribution >= 4 is 16.6 Å². The highest BCUT2D eigenvalue weighted by Crippen LogP contribution is 2.45. The molecule has 1 N–H and O–H groups in total. The van der Waals surface area contributed by atoms with Crippen molar-refractivity contribution in [1.29, 1.82) is 0 Å². The molecule has 0 aliphatic heterocycles.